The highest BCUT2D eigenvalue weighted by Gasteiger charge is 2.13. The first kappa shape index (κ1) is 18.7. The smallest absolute Gasteiger partial charge is 0.119 e. The summed E-state index contributed by atoms with van der Waals surface area (Å²) >= 11 is 0. The van der Waals surface area contributed by atoms with Crippen molar-refractivity contribution in [1.29, 1.82) is 0 Å². The molecule has 3 aromatic rings. The lowest BCUT2D eigenvalue weighted by Gasteiger charge is -2.17. The molecule has 3 heteroatoms. The van der Waals surface area contributed by atoms with Crippen molar-refractivity contribution in [3.8, 4) is 11.5 Å². The molecule has 27 heavy (non-hydrogen) atoms. The Labute approximate surface area is 160 Å². The van der Waals surface area contributed by atoms with Gasteiger partial charge in [-0.3, -0.25) is 0 Å². The molecule has 0 atom stereocenters. The zero-order chi connectivity index (χ0) is 19.1. The molecule has 0 saturated heterocycles. The van der Waals surface area contributed by atoms with Crippen LogP contribution < -0.4 is 4.74 Å². The van der Waals surface area contributed by atoms with E-state index in [1.165, 1.54) is 11.1 Å². The Hall–Kier alpha value is -3.04. The Morgan fingerprint density at radius 2 is 1.37 bits per heavy atom. The highest BCUT2D eigenvalue weighted by Crippen LogP contribution is 2.35. The molecule has 0 heterocycles. The van der Waals surface area contributed by atoms with E-state index < -0.39 is 0 Å². The normalized spacial score (nSPS) is 11.8. The molecule has 2 N–H and O–H groups in total. The first-order valence-electron chi connectivity index (χ1n) is 9.15. The minimum atomic E-state index is -0.00555. The predicted molar refractivity (Wildman–Crippen MR) is 110 cm³/mol. The Kier molecular flexibility index (Phi) is 6.29. The topological polar surface area (TPSA) is 49.7 Å². The van der Waals surface area contributed by atoms with Gasteiger partial charge in [-0.15, -0.1) is 0 Å². The second-order valence-corrected chi connectivity index (χ2v) is 6.22. The zero-order valence-corrected chi connectivity index (χ0v) is 15.4. The summed E-state index contributed by atoms with van der Waals surface area (Å²) in [6.45, 7) is 2.43. The molecule has 0 fully saturated rings. The quantitative estimate of drug-likeness (QED) is 0.574. The van der Waals surface area contributed by atoms with E-state index in [9.17, 15) is 5.11 Å². The largest absolute Gasteiger partial charge is 0.508 e. The van der Waals surface area contributed by atoms with Gasteiger partial charge < -0.3 is 14.9 Å². The van der Waals surface area contributed by atoms with Crippen LogP contribution in [0.5, 0.6) is 11.5 Å². The number of ether oxygens (including phenoxy) is 1. The lowest BCUT2D eigenvalue weighted by molar-refractivity contribution is 0.201. The van der Waals surface area contributed by atoms with Crippen LogP contribution in [0, 0.1) is 0 Å². The van der Waals surface area contributed by atoms with Gasteiger partial charge in [0, 0.05) is 0 Å². The van der Waals surface area contributed by atoms with Gasteiger partial charge in [0.2, 0.25) is 0 Å². The molecule has 0 spiro atoms. The number of phenolic OH excluding ortho intramolecular Hbond substituents is 1. The molecule has 138 valence electrons. The predicted octanol–water partition coefficient (Wildman–Crippen LogP) is 5.13. The van der Waals surface area contributed by atoms with E-state index >= 15 is 0 Å². The number of benzene rings is 3. The first-order chi connectivity index (χ1) is 13.2. The Morgan fingerprint density at radius 3 is 1.93 bits per heavy atom. The molecule has 0 radical (unpaired) electrons. The van der Waals surface area contributed by atoms with Gasteiger partial charge in [-0.05, 0) is 58.5 Å². The van der Waals surface area contributed by atoms with Crippen LogP contribution in [-0.4, -0.2) is 23.4 Å². The molecule has 0 unspecified atom stereocenters. The Bertz CT molecular complexity index is 879. The van der Waals surface area contributed by atoms with Crippen LogP contribution in [0.2, 0.25) is 0 Å². The SMILES string of the molecule is CC/C(=C(\c1ccc(O)cc1)c1ccc(OCCO)cc1)c1ccccc1. The number of allylic oxidation sites excluding steroid dienone is 1. The standard InChI is InChI=1S/C24H24O3/c1-2-23(18-6-4-3-5-7-18)24(19-8-12-21(26)13-9-19)20-10-14-22(15-11-20)27-17-16-25/h3-15,25-26H,2,16-17H2,1H3/b24-23-. The van der Waals surface area contributed by atoms with Crippen molar-refractivity contribution in [3.63, 3.8) is 0 Å². The van der Waals surface area contributed by atoms with Gasteiger partial charge >= 0.3 is 0 Å². The Morgan fingerprint density at radius 1 is 0.778 bits per heavy atom. The van der Waals surface area contributed by atoms with E-state index in [1.807, 2.05) is 54.6 Å². The average molecular weight is 360 g/mol. The molecule has 0 saturated carbocycles. The maximum absolute atomic E-state index is 9.69. The average Bonchev–Trinajstić information content (AvgIpc) is 2.72. The number of aromatic hydroxyl groups is 1. The van der Waals surface area contributed by atoms with E-state index in [2.05, 4.69) is 19.1 Å². The maximum atomic E-state index is 9.69. The van der Waals surface area contributed by atoms with Crippen LogP contribution in [0.15, 0.2) is 78.9 Å². The number of phenols is 1. The van der Waals surface area contributed by atoms with Crippen molar-refractivity contribution in [3.05, 3.63) is 95.6 Å². The summed E-state index contributed by atoms with van der Waals surface area (Å²) in [6, 6.07) is 25.6. The molecule has 0 aliphatic heterocycles. The maximum Gasteiger partial charge on any atom is 0.119 e. The van der Waals surface area contributed by atoms with Gasteiger partial charge in [-0.2, -0.15) is 0 Å². The minimum absolute atomic E-state index is 0.00555. The lowest BCUT2D eigenvalue weighted by atomic mass is 9.88. The molecule has 0 amide bonds. The van der Waals surface area contributed by atoms with E-state index in [0.717, 1.165) is 28.9 Å². The summed E-state index contributed by atoms with van der Waals surface area (Å²) in [6.07, 6.45) is 0.878. The van der Waals surface area contributed by atoms with E-state index in [4.69, 9.17) is 9.84 Å². The van der Waals surface area contributed by atoms with E-state index in [-0.39, 0.29) is 19.0 Å². The fraction of sp³-hybridized carbons (Fsp3) is 0.167. The van der Waals surface area contributed by atoms with Gasteiger partial charge in [0.1, 0.15) is 18.1 Å². The fourth-order valence-corrected chi connectivity index (χ4v) is 3.19. The molecular formula is C24H24O3. The van der Waals surface area contributed by atoms with Gasteiger partial charge in [0.25, 0.3) is 0 Å². The van der Waals surface area contributed by atoms with Gasteiger partial charge in [-0.25, -0.2) is 0 Å². The van der Waals surface area contributed by atoms with Crippen molar-refractivity contribution >= 4 is 11.1 Å². The number of hydrogen-bond acceptors (Lipinski definition) is 3. The molecule has 0 aliphatic carbocycles. The molecule has 0 aliphatic rings. The van der Waals surface area contributed by atoms with Crippen LogP contribution in [0.1, 0.15) is 30.0 Å². The van der Waals surface area contributed by atoms with Crippen molar-refractivity contribution < 1.29 is 14.9 Å². The highest BCUT2D eigenvalue weighted by molar-refractivity contribution is 5.98. The van der Waals surface area contributed by atoms with Crippen molar-refractivity contribution in [1.82, 2.24) is 0 Å². The zero-order valence-electron chi connectivity index (χ0n) is 15.4. The van der Waals surface area contributed by atoms with Crippen molar-refractivity contribution in [2.24, 2.45) is 0 Å². The second kappa shape index (κ2) is 9.06. The fourth-order valence-electron chi connectivity index (χ4n) is 3.19. The highest BCUT2D eigenvalue weighted by atomic mass is 16.5. The van der Waals surface area contributed by atoms with Crippen molar-refractivity contribution in [2.45, 2.75) is 13.3 Å². The molecular weight excluding hydrogens is 336 g/mol. The lowest BCUT2D eigenvalue weighted by Crippen LogP contribution is -2.01. The summed E-state index contributed by atoms with van der Waals surface area (Å²) < 4.78 is 5.48. The van der Waals surface area contributed by atoms with Crippen LogP contribution in [-0.2, 0) is 0 Å². The number of aliphatic hydroxyl groups excluding tert-OH is 1. The van der Waals surface area contributed by atoms with Crippen LogP contribution in [0.25, 0.3) is 11.1 Å². The number of rotatable bonds is 7. The van der Waals surface area contributed by atoms with Gasteiger partial charge in [0.15, 0.2) is 0 Å². The molecule has 3 aromatic carbocycles. The van der Waals surface area contributed by atoms with Gasteiger partial charge in [0.05, 0.1) is 6.61 Å². The molecule has 3 rings (SSSR count). The second-order valence-electron chi connectivity index (χ2n) is 6.22. The third kappa shape index (κ3) is 4.57. The summed E-state index contributed by atoms with van der Waals surface area (Å²) in [5.41, 5.74) is 5.70. The summed E-state index contributed by atoms with van der Waals surface area (Å²) in [7, 11) is 0. The molecule has 0 bridgehead atoms. The minimum Gasteiger partial charge on any atom is -0.508 e. The number of aliphatic hydroxyl groups is 1. The van der Waals surface area contributed by atoms with Crippen LogP contribution in [0.3, 0.4) is 0 Å². The molecule has 0 aromatic heterocycles. The first-order valence-corrected chi connectivity index (χ1v) is 9.15. The van der Waals surface area contributed by atoms with Crippen LogP contribution >= 0.6 is 0 Å². The van der Waals surface area contributed by atoms with Gasteiger partial charge in [-0.1, -0.05) is 61.5 Å². The van der Waals surface area contributed by atoms with Crippen LogP contribution in [0.4, 0.5) is 0 Å². The third-order valence-electron chi connectivity index (χ3n) is 4.44. The summed E-state index contributed by atoms with van der Waals surface area (Å²) in [5.74, 6) is 0.985. The number of hydrogen-bond donors (Lipinski definition) is 2. The van der Waals surface area contributed by atoms with Crippen molar-refractivity contribution in [2.75, 3.05) is 13.2 Å². The van der Waals surface area contributed by atoms with E-state index in [0.29, 0.717) is 0 Å². The monoisotopic (exact) mass is 360 g/mol. The Balaban J connectivity index is 2.13. The summed E-state index contributed by atoms with van der Waals surface area (Å²) in [5, 5.41) is 18.6. The summed E-state index contributed by atoms with van der Waals surface area (Å²) in [4.78, 5) is 0. The molecule has 3 nitrogen and oxygen atoms in total. The third-order valence-corrected chi connectivity index (χ3v) is 4.44. The van der Waals surface area contributed by atoms with E-state index in [1.54, 1.807) is 12.1 Å².